The standard InChI is InChI=1S/C55H96O5/c1-3-5-7-9-11-13-15-17-19-21-22-23-24-25-26-27-28-29-30-31-32-34-36-38-40-42-44-46-48-50-55(58)60-53(51-56)52-59-54(57)49-47-45-43-41-39-37-35-33-20-18-16-14-12-10-8-6-4-2/h6,8,12,14-15,17-18,20-22,24-25,53,56H,3-5,7,9-11,13,16,19,23,26-52H2,1-2H3/b8-6-,14-12-,17-15-,20-18-,22-21-,25-24-. The van der Waals surface area contributed by atoms with Gasteiger partial charge < -0.3 is 14.6 Å². The molecule has 1 N–H and O–H groups in total. The largest absolute Gasteiger partial charge is 0.462 e. The fraction of sp³-hybridized carbons (Fsp3) is 0.745. The van der Waals surface area contributed by atoms with E-state index >= 15 is 0 Å². The summed E-state index contributed by atoms with van der Waals surface area (Å²) in [5.74, 6) is -0.600. The lowest BCUT2D eigenvalue weighted by Gasteiger charge is -2.15. The van der Waals surface area contributed by atoms with Crippen molar-refractivity contribution in [2.75, 3.05) is 13.2 Å². The SMILES string of the molecule is CC/C=C\C/C=C\C/C=C\CCCCCCCCCC(=O)OCC(CO)OC(=O)CCCCCCCCCCCCCCCC/C=C\C/C=C\C/C=C\CCCCCCC. The molecule has 0 radical (unpaired) electrons. The molecule has 0 aromatic heterocycles. The summed E-state index contributed by atoms with van der Waals surface area (Å²) in [5.41, 5.74) is 0. The molecule has 0 aromatic carbocycles. The molecule has 0 amide bonds. The highest BCUT2D eigenvalue weighted by Gasteiger charge is 2.16. The predicted molar refractivity (Wildman–Crippen MR) is 260 cm³/mol. The molecule has 0 aliphatic rings. The van der Waals surface area contributed by atoms with Gasteiger partial charge in [0, 0.05) is 12.8 Å². The fourth-order valence-electron chi connectivity index (χ4n) is 7.17. The maximum Gasteiger partial charge on any atom is 0.306 e. The third-order valence-electron chi connectivity index (χ3n) is 11.0. The lowest BCUT2D eigenvalue weighted by atomic mass is 10.0. The highest BCUT2D eigenvalue weighted by molar-refractivity contribution is 5.70. The molecule has 1 atom stereocenters. The first-order valence-corrected chi connectivity index (χ1v) is 25.5. The summed E-state index contributed by atoms with van der Waals surface area (Å²) in [7, 11) is 0. The van der Waals surface area contributed by atoms with Crippen LogP contribution in [0.1, 0.15) is 245 Å². The Hall–Kier alpha value is -2.66. The quantitative estimate of drug-likeness (QED) is 0.0376. The maximum absolute atomic E-state index is 12.3. The number of hydrogen-bond donors (Lipinski definition) is 1. The molecule has 346 valence electrons. The van der Waals surface area contributed by atoms with Crippen LogP contribution in [0.15, 0.2) is 72.9 Å². The van der Waals surface area contributed by atoms with Crippen LogP contribution in [0.25, 0.3) is 0 Å². The van der Waals surface area contributed by atoms with Crippen LogP contribution in [-0.2, 0) is 19.1 Å². The molecule has 1 unspecified atom stereocenters. The minimum Gasteiger partial charge on any atom is -0.462 e. The predicted octanol–water partition coefficient (Wildman–Crippen LogP) is 16.9. The lowest BCUT2D eigenvalue weighted by Crippen LogP contribution is -2.28. The number of esters is 2. The van der Waals surface area contributed by atoms with Crippen molar-refractivity contribution < 1.29 is 24.2 Å². The number of hydrogen-bond acceptors (Lipinski definition) is 5. The topological polar surface area (TPSA) is 72.8 Å². The Morgan fingerprint density at radius 3 is 1.08 bits per heavy atom. The molecule has 0 aromatic rings. The van der Waals surface area contributed by atoms with E-state index in [2.05, 4.69) is 86.8 Å². The number of aliphatic hydroxyl groups is 1. The maximum atomic E-state index is 12.3. The number of ether oxygens (including phenoxy) is 2. The van der Waals surface area contributed by atoms with E-state index < -0.39 is 6.10 Å². The molecule has 0 bridgehead atoms. The van der Waals surface area contributed by atoms with Crippen LogP contribution in [0, 0.1) is 0 Å². The molecule has 0 rings (SSSR count). The minimum absolute atomic E-state index is 0.0729. The van der Waals surface area contributed by atoms with Gasteiger partial charge in [0.05, 0.1) is 6.61 Å². The summed E-state index contributed by atoms with van der Waals surface area (Å²) >= 11 is 0. The number of carbonyl (C=O) groups excluding carboxylic acids is 2. The van der Waals surface area contributed by atoms with Crippen LogP contribution in [0.5, 0.6) is 0 Å². The molecule has 60 heavy (non-hydrogen) atoms. The van der Waals surface area contributed by atoms with E-state index in [0.717, 1.165) is 77.0 Å². The molecular weight excluding hydrogens is 741 g/mol. The average Bonchev–Trinajstić information content (AvgIpc) is 3.25. The zero-order valence-corrected chi connectivity index (χ0v) is 39.5. The molecule has 0 fully saturated rings. The van der Waals surface area contributed by atoms with Crippen molar-refractivity contribution in [3.63, 3.8) is 0 Å². The summed E-state index contributed by atoms with van der Waals surface area (Å²) in [6.45, 7) is 4.02. The molecule has 0 aliphatic carbocycles. The Bertz CT molecular complexity index is 1080. The number of aliphatic hydroxyl groups excluding tert-OH is 1. The summed E-state index contributed by atoms with van der Waals surface area (Å²) in [5, 5.41) is 9.62. The van der Waals surface area contributed by atoms with Crippen molar-refractivity contribution in [1.82, 2.24) is 0 Å². The van der Waals surface area contributed by atoms with E-state index in [-0.39, 0.29) is 25.2 Å². The third kappa shape index (κ3) is 48.0. The Morgan fingerprint density at radius 1 is 0.400 bits per heavy atom. The van der Waals surface area contributed by atoms with E-state index in [4.69, 9.17) is 9.47 Å². The Kier molecular flexibility index (Phi) is 48.4. The van der Waals surface area contributed by atoms with Crippen molar-refractivity contribution in [2.24, 2.45) is 0 Å². The second-order valence-electron chi connectivity index (χ2n) is 16.9. The van der Waals surface area contributed by atoms with Crippen molar-refractivity contribution in [3.8, 4) is 0 Å². The van der Waals surface area contributed by atoms with E-state index in [0.29, 0.717) is 12.8 Å². The van der Waals surface area contributed by atoms with E-state index in [1.165, 1.54) is 141 Å². The van der Waals surface area contributed by atoms with Gasteiger partial charge in [0.2, 0.25) is 0 Å². The average molecular weight is 837 g/mol. The van der Waals surface area contributed by atoms with Crippen molar-refractivity contribution in [1.29, 1.82) is 0 Å². The summed E-state index contributed by atoms with van der Waals surface area (Å²) in [4.78, 5) is 24.4. The summed E-state index contributed by atoms with van der Waals surface area (Å²) in [6, 6.07) is 0. The number of rotatable bonds is 46. The zero-order chi connectivity index (χ0) is 43.5. The second-order valence-corrected chi connectivity index (χ2v) is 16.9. The van der Waals surface area contributed by atoms with Gasteiger partial charge in [-0.1, -0.05) is 222 Å². The van der Waals surface area contributed by atoms with Gasteiger partial charge in [0.15, 0.2) is 6.10 Å². The van der Waals surface area contributed by atoms with Crippen LogP contribution >= 0.6 is 0 Å². The first kappa shape index (κ1) is 57.3. The molecule has 5 heteroatoms. The lowest BCUT2D eigenvalue weighted by molar-refractivity contribution is -0.161. The summed E-state index contributed by atoms with van der Waals surface area (Å²) in [6.07, 6.45) is 68.5. The van der Waals surface area contributed by atoms with Gasteiger partial charge in [0.1, 0.15) is 6.61 Å². The highest BCUT2D eigenvalue weighted by atomic mass is 16.6. The van der Waals surface area contributed by atoms with Gasteiger partial charge >= 0.3 is 11.9 Å². The van der Waals surface area contributed by atoms with Crippen molar-refractivity contribution >= 4 is 11.9 Å². The van der Waals surface area contributed by atoms with E-state index in [9.17, 15) is 14.7 Å². The normalized spacial score (nSPS) is 12.8. The second kappa shape index (κ2) is 50.7. The number of unbranched alkanes of at least 4 members (excludes halogenated alkanes) is 26. The van der Waals surface area contributed by atoms with Gasteiger partial charge in [-0.2, -0.15) is 0 Å². The highest BCUT2D eigenvalue weighted by Crippen LogP contribution is 2.15. The van der Waals surface area contributed by atoms with Gasteiger partial charge in [-0.05, 0) is 83.5 Å². The molecule has 0 aliphatic heterocycles. The Morgan fingerprint density at radius 2 is 0.717 bits per heavy atom. The van der Waals surface area contributed by atoms with Gasteiger partial charge in [0.25, 0.3) is 0 Å². The van der Waals surface area contributed by atoms with E-state index in [1.807, 2.05) is 0 Å². The molecule has 0 saturated heterocycles. The van der Waals surface area contributed by atoms with Crippen LogP contribution < -0.4 is 0 Å². The number of allylic oxidation sites excluding steroid dienone is 12. The van der Waals surface area contributed by atoms with Gasteiger partial charge in [-0.3, -0.25) is 9.59 Å². The molecule has 5 nitrogen and oxygen atoms in total. The molecule has 0 saturated carbocycles. The zero-order valence-electron chi connectivity index (χ0n) is 39.5. The smallest absolute Gasteiger partial charge is 0.306 e. The van der Waals surface area contributed by atoms with Crippen LogP contribution in [0.3, 0.4) is 0 Å². The minimum atomic E-state index is -0.779. The van der Waals surface area contributed by atoms with Gasteiger partial charge in [-0.25, -0.2) is 0 Å². The number of carbonyl (C=O) groups is 2. The van der Waals surface area contributed by atoms with Crippen molar-refractivity contribution in [3.05, 3.63) is 72.9 Å². The van der Waals surface area contributed by atoms with E-state index in [1.54, 1.807) is 0 Å². The molecular formula is C55H96O5. The first-order valence-electron chi connectivity index (χ1n) is 25.5. The summed E-state index contributed by atoms with van der Waals surface area (Å²) < 4.78 is 10.7. The third-order valence-corrected chi connectivity index (χ3v) is 11.0. The molecule has 0 heterocycles. The fourth-order valence-corrected chi connectivity index (χ4v) is 7.17. The first-order chi connectivity index (χ1) is 29.6. The Balaban J connectivity index is 3.50. The van der Waals surface area contributed by atoms with Gasteiger partial charge in [-0.15, -0.1) is 0 Å². The van der Waals surface area contributed by atoms with Crippen LogP contribution in [-0.4, -0.2) is 36.4 Å². The molecule has 0 spiro atoms. The van der Waals surface area contributed by atoms with Crippen LogP contribution in [0.4, 0.5) is 0 Å². The Labute approximate surface area is 372 Å². The monoisotopic (exact) mass is 837 g/mol. The van der Waals surface area contributed by atoms with Crippen molar-refractivity contribution in [2.45, 2.75) is 251 Å². The van der Waals surface area contributed by atoms with Crippen LogP contribution in [0.2, 0.25) is 0 Å².